The number of pyridine rings is 1. The first-order chi connectivity index (χ1) is 17.7. The molecule has 3 N–H and O–H groups in total. The third-order valence-electron chi connectivity index (χ3n) is 5.86. The lowest BCUT2D eigenvalue weighted by Gasteiger charge is -2.13. The van der Waals surface area contributed by atoms with Crippen molar-refractivity contribution in [1.82, 2.24) is 15.2 Å². The zero-order valence-corrected chi connectivity index (χ0v) is 19.3. The molecule has 36 heavy (non-hydrogen) atoms. The molecule has 6 aromatic rings. The predicted molar refractivity (Wildman–Crippen MR) is 142 cm³/mol. The number of aromatic nitrogens is 3. The van der Waals surface area contributed by atoms with Crippen molar-refractivity contribution < 1.29 is 9.47 Å². The van der Waals surface area contributed by atoms with E-state index in [4.69, 9.17) is 20.2 Å². The van der Waals surface area contributed by atoms with Crippen LogP contribution in [0.4, 0.5) is 5.82 Å². The number of fused-ring (bicyclic) bond motifs is 1. The summed E-state index contributed by atoms with van der Waals surface area (Å²) in [7, 11) is 0. The van der Waals surface area contributed by atoms with Gasteiger partial charge in [0.15, 0.2) is 5.82 Å². The second kappa shape index (κ2) is 9.27. The molecule has 4 aromatic carbocycles. The fraction of sp³-hybridized carbons (Fsp3) is 0. The van der Waals surface area contributed by atoms with Gasteiger partial charge in [-0.2, -0.15) is 5.10 Å². The van der Waals surface area contributed by atoms with E-state index in [1.165, 1.54) is 0 Å². The molecule has 0 saturated carbocycles. The summed E-state index contributed by atoms with van der Waals surface area (Å²) in [5, 5.41) is 8.03. The zero-order chi connectivity index (χ0) is 24.3. The standard InChI is InChI=1S/C30H22N4O2/c31-30-28-26(33-34-30)19-32-29(21-13-17-25(18-14-21)36-23-9-5-2-6-10-23)27(28)20-11-15-24(16-12-20)35-22-7-3-1-4-8-22/h1-19H,(H3,31,33,34). The van der Waals surface area contributed by atoms with Gasteiger partial charge in [-0.3, -0.25) is 10.1 Å². The lowest BCUT2D eigenvalue weighted by molar-refractivity contribution is 0.482. The summed E-state index contributed by atoms with van der Waals surface area (Å²) in [6, 6.07) is 35.2. The zero-order valence-electron chi connectivity index (χ0n) is 19.3. The highest BCUT2D eigenvalue weighted by molar-refractivity contribution is 6.06. The molecule has 0 aliphatic rings. The molecule has 2 aromatic heterocycles. The van der Waals surface area contributed by atoms with Crippen LogP contribution in [-0.2, 0) is 0 Å². The average Bonchev–Trinajstić information content (AvgIpc) is 3.31. The van der Waals surface area contributed by atoms with Crippen LogP contribution in [0.2, 0.25) is 0 Å². The second-order valence-electron chi connectivity index (χ2n) is 8.26. The van der Waals surface area contributed by atoms with E-state index in [-0.39, 0.29) is 0 Å². The number of H-pyrrole nitrogens is 1. The van der Waals surface area contributed by atoms with Gasteiger partial charge in [-0.15, -0.1) is 0 Å². The minimum absolute atomic E-state index is 0.428. The number of hydrogen-bond donors (Lipinski definition) is 2. The second-order valence-corrected chi connectivity index (χ2v) is 8.26. The highest BCUT2D eigenvalue weighted by atomic mass is 16.5. The van der Waals surface area contributed by atoms with Gasteiger partial charge in [-0.25, -0.2) is 0 Å². The molecule has 6 rings (SSSR count). The fourth-order valence-electron chi connectivity index (χ4n) is 4.16. The summed E-state index contributed by atoms with van der Waals surface area (Å²) >= 11 is 0. The summed E-state index contributed by atoms with van der Waals surface area (Å²) in [4.78, 5) is 4.77. The molecule has 0 aliphatic heterocycles. The maximum absolute atomic E-state index is 6.29. The Morgan fingerprint density at radius 2 is 1.08 bits per heavy atom. The van der Waals surface area contributed by atoms with E-state index in [0.29, 0.717) is 5.82 Å². The molecule has 0 fully saturated rings. The van der Waals surface area contributed by atoms with Gasteiger partial charge in [-0.05, 0) is 66.2 Å². The lowest BCUT2D eigenvalue weighted by Crippen LogP contribution is -1.94. The van der Waals surface area contributed by atoms with Gasteiger partial charge in [0.05, 0.1) is 22.8 Å². The summed E-state index contributed by atoms with van der Waals surface area (Å²) in [5.41, 5.74) is 10.7. The fourth-order valence-corrected chi connectivity index (χ4v) is 4.16. The SMILES string of the molecule is Nc1n[nH]c2cnc(-c3ccc(Oc4ccccc4)cc3)c(-c3ccc(Oc4ccccc4)cc3)c12. The van der Waals surface area contributed by atoms with E-state index < -0.39 is 0 Å². The van der Waals surface area contributed by atoms with Crippen LogP contribution >= 0.6 is 0 Å². The Morgan fingerprint density at radius 1 is 0.583 bits per heavy atom. The minimum atomic E-state index is 0.428. The third kappa shape index (κ3) is 4.23. The van der Waals surface area contributed by atoms with Crippen LogP contribution in [-0.4, -0.2) is 15.2 Å². The molecule has 0 radical (unpaired) electrons. The van der Waals surface area contributed by atoms with E-state index in [1.807, 2.05) is 109 Å². The number of anilines is 1. The minimum Gasteiger partial charge on any atom is -0.457 e. The Bertz CT molecular complexity index is 1610. The van der Waals surface area contributed by atoms with Crippen LogP contribution in [0.1, 0.15) is 0 Å². The van der Waals surface area contributed by atoms with Gasteiger partial charge in [0.2, 0.25) is 0 Å². The number of ether oxygens (including phenoxy) is 2. The normalized spacial score (nSPS) is 10.9. The molecule has 0 saturated heterocycles. The van der Waals surface area contributed by atoms with Crippen LogP contribution < -0.4 is 15.2 Å². The van der Waals surface area contributed by atoms with Crippen molar-refractivity contribution >= 4 is 16.7 Å². The summed E-state index contributed by atoms with van der Waals surface area (Å²) in [6.45, 7) is 0. The average molecular weight is 471 g/mol. The first-order valence-corrected chi connectivity index (χ1v) is 11.5. The number of rotatable bonds is 6. The molecule has 0 aliphatic carbocycles. The van der Waals surface area contributed by atoms with Crippen molar-refractivity contribution in [2.24, 2.45) is 0 Å². The van der Waals surface area contributed by atoms with Crippen LogP contribution in [0.5, 0.6) is 23.0 Å². The van der Waals surface area contributed by atoms with Crippen molar-refractivity contribution in [3.63, 3.8) is 0 Å². The van der Waals surface area contributed by atoms with E-state index in [0.717, 1.165) is 56.3 Å². The van der Waals surface area contributed by atoms with Crippen molar-refractivity contribution in [3.05, 3.63) is 115 Å². The van der Waals surface area contributed by atoms with Crippen molar-refractivity contribution in [3.8, 4) is 45.4 Å². The highest BCUT2D eigenvalue weighted by Crippen LogP contribution is 2.39. The van der Waals surface area contributed by atoms with Crippen molar-refractivity contribution in [2.45, 2.75) is 0 Å². The number of hydrogen-bond acceptors (Lipinski definition) is 5. The number of aromatic amines is 1. The van der Waals surface area contributed by atoms with E-state index in [9.17, 15) is 0 Å². The molecule has 6 nitrogen and oxygen atoms in total. The molecular weight excluding hydrogens is 448 g/mol. The largest absolute Gasteiger partial charge is 0.457 e. The maximum atomic E-state index is 6.29. The van der Waals surface area contributed by atoms with Crippen molar-refractivity contribution in [2.75, 3.05) is 5.73 Å². The Kier molecular flexibility index (Phi) is 5.52. The molecule has 0 spiro atoms. The molecule has 0 amide bonds. The van der Waals surface area contributed by atoms with Crippen LogP contribution in [0.3, 0.4) is 0 Å². The van der Waals surface area contributed by atoms with Crippen molar-refractivity contribution in [1.29, 1.82) is 0 Å². The number of benzene rings is 4. The molecule has 6 heteroatoms. The number of nitrogens with zero attached hydrogens (tertiary/aromatic N) is 2. The Hall–Kier alpha value is -5.10. The molecule has 0 bridgehead atoms. The van der Waals surface area contributed by atoms with Gasteiger partial charge in [-0.1, -0.05) is 48.5 Å². The Balaban J connectivity index is 1.38. The lowest BCUT2D eigenvalue weighted by atomic mass is 9.96. The molecule has 0 atom stereocenters. The first kappa shape index (κ1) is 21.4. The van der Waals surface area contributed by atoms with Gasteiger partial charge in [0.25, 0.3) is 0 Å². The van der Waals surface area contributed by atoms with Gasteiger partial charge < -0.3 is 15.2 Å². The van der Waals surface area contributed by atoms with Crippen LogP contribution in [0, 0.1) is 0 Å². The molecule has 0 unspecified atom stereocenters. The quantitative estimate of drug-likeness (QED) is 0.264. The van der Waals surface area contributed by atoms with Gasteiger partial charge in [0.1, 0.15) is 23.0 Å². The summed E-state index contributed by atoms with van der Waals surface area (Å²) < 4.78 is 11.9. The molecular formula is C30H22N4O2. The molecule has 2 heterocycles. The summed E-state index contributed by atoms with van der Waals surface area (Å²) in [6.07, 6.45) is 1.76. The van der Waals surface area contributed by atoms with E-state index in [2.05, 4.69) is 10.2 Å². The maximum Gasteiger partial charge on any atom is 0.153 e. The van der Waals surface area contributed by atoms with Crippen LogP contribution in [0.25, 0.3) is 33.3 Å². The Labute approximate surface area is 208 Å². The third-order valence-corrected chi connectivity index (χ3v) is 5.86. The first-order valence-electron chi connectivity index (χ1n) is 11.5. The molecule has 174 valence electrons. The summed E-state index contributed by atoms with van der Waals surface area (Å²) in [5.74, 6) is 3.49. The number of para-hydroxylation sites is 2. The topological polar surface area (TPSA) is 86.1 Å². The number of nitrogens with one attached hydrogen (secondary N) is 1. The van der Waals surface area contributed by atoms with Gasteiger partial charge >= 0.3 is 0 Å². The van der Waals surface area contributed by atoms with Gasteiger partial charge in [0, 0.05) is 11.1 Å². The monoisotopic (exact) mass is 470 g/mol. The predicted octanol–water partition coefficient (Wildman–Crippen LogP) is 7.46. The Morgan fingerprint density at radius 3 is 1.64 bits per heavy atom. The number of nitrogen functional groups attached to an aromatic ring is 1. The van der Waals surface area contributed by atoms with Crippen LogP contribution in [0.15, 0.2) is 115 Å². The number of nitrogens with two attached hydrogens (primary N) is 1. The highest BCUT2D eigenvalue weighted by Gasteiger charge is 2.18. The van der Waals surface area contributed by atoms with E-state index >= 15 is 0 Å². The van der Waals surface area contributed by atoms with E-state index in [1.54, 1.807) is 6.20 Å². The smallest absolute Gasteiger partial charge is 0.153 e.